The first kappa shape index (κ1) is 14.0. The number of benzene rings is 2. The predicted molar refractivity (Wildman–Crippen MR) is 81.4 cm³/mol. The second kappa shape index (κ2) is 6.18. The van der Waals surface area contributed by atoms with E-state index in [-0.39, 0.29) is 12.1 Å². The van der Waals surface area contributed by atoms with Gasteiger partial charge in [0.25, 0.3) is 0 Å². The third-order valence-electron chi connectivity index (χ3n) is 3.61. The Morgan fingerprint density at radius 3 is 2.58 bits per heavy atom. The van der Waals surface area contributed by atoms with Gasteiger partial charge in [-0.15, -0.1) is 0 Å². The van der Waals surface area contributed by atoms with Gasteiger partial charge in [-0.05, 0) is 49.6 Å². The number of aliphatic hydroxyl groups is 1. The molecule has 2 rings (SSSR count). The molecular weight excluding hydrogens is 234 g/mol. The maximum Gasteiger partial charge on any atom is 0.0448 e. The lowest BCUT2D eigenvalue weighted by Crippen LogP contribution is -2.41. The van der Waals surface area contributed by atoms with Crippen LogP contribution in [0.15, 0.2) is 42.5 Å². The Labute approximate surface area is 115 Å². The van der Waals surface area contributed by atoms with E-state index in [0.717, 1.165) is 19.4 Å². The number of rotatable bonds is 6. The van der Waals surface area contributed by atoms with Crippen molar-refractivity contribution in [2.24, 2.45) is 0 Å². The van der Waals surface area contributed by atoms with Gasteiger partial charge in [-0.25, -0.2) is 0 Å². The number of hydrogen-bond acceptors (Lipinski definition) is 2. The van der Waals surface area contributed by atoms with E-state index in [2.05, 4.69) is 61.6 Å². The molecule has 0 fully saturated rings. The Bertz CT molecular complexity index is 528. The minimum absolute atomic E-state index is 0.000661. The molecule has 0 atom stereocenters. The maximum atomic E-state index is 9.02. The summed E-state index contributed by atoms with van der Waals surface area (Å²) in [5, 5.41) is 15.2. The summed E-state index contributed by atoms with van der Waals surface area (Å²) in [6.45, 7) is 5.42. The van der Waals surface area contributed by atoms with Crippen molar-refractivity contribution in [2.45, 2.75) is 32.2 Å². The third-order valence-corrected chi connectivity index (χ3v) is 3.61. The second-order valence-electron chi connectivity index (χ2n) is 5.67. The van der Waals surface area contributed by atoms with Crippen LogP contribution in [0.5, 0.6) is 0 Å². The number of nitrogens with one attached hydrogen (secondary N) is 1. The quantitative estimate of drug-likeness (QED) is 0.833. The van der Waals surface area contributed by atoms with E-state index in [4.69, 9.17) is 5.11 Å². The van der Waals surface area contributed by atoms with Gasteiger partial charge in [0.1, 0.15) is 0 Å². The van der Waals surface area contributed by atoms with Crippen LogP contribution in [0.2, 0.25) is 0 Å². The SMILES string of the molecule is CC(C)(CCO)NCCc1cccc2ccccc12. The van der Waals surface area contributed by atoms with Crippen LogP contribution in [0.1, 0.15) is 25.8 Å². The summed E-state index contributed by atoms with van der Waals surface area (Å²) in [6.07, 6.45) is 1.79. The van der Waals surface area contributed by atoms with Crippen molar-refractivity contribution in [3.63, 3.8) is 0 Å². The van der Waals surface area contributed by atoms with Crippen molar-refractivity contribution in [3.05, 3.63) is 48.0 Å². The molecule has 0 saturated carbocycles. The summed E-state index contributed by atoms with van der Waals surface area (Å²) >= 11 is 0. The van der Waals surface area contributed by atoms with Crippen LogP contribution < -0.4 is 5.32 Å². The summed E-state index contributed by atoms with van der Waals surface area (Å²) in [7, 11) is 0. The highest BCUT2D eigenvalue weighted by Gasteiger charge is 2.15. The maximum absolute atomic E-state index is 9.02. The van der Waals surface area contributed by atoms with Crippen molar-refractivity contribution in [1.29, 1.82) is 0 Å². The number of aliphatic hydroxyl groups excluding tert-OH is 1. The standard InChI is InChI=1S/C17H23NO/c1-17(2,11-13-19)18-12-10-15-8-5-7-14-6-3-4-9-16(14)15/h3-9,18-19H,10-13H2,1-2H3. The van der Waals surface area contributed by atoms with Crippen LogP contribution in [0, 0.1) is 0 Å². The van der Waals surface area contributed by atoms with Gasteiger partial charge in [-0.2, -0.15) is 0 Å². The highest BCUT2D eigenvalue weighted by Crippen LogP contribution is 2.19. The highest BCUT2D eigenvalue weighted by molar-refractivity contribution is 5.85. The van der Waals surface area contributed by atoms with Gasteiger partial charge in [0.05, 0.1) is 0 Å². The fourth-order valence-electron chi connectivity index (χ4n) is 2.41. The fourth-order valence-corrected chi connectivity index (χ4v) is 2.41. The molecule has 0 unspecified atom stereocenters. The van der Waals surface area contributed by atoms with Gasteiger partial charge in [0, 0.05) is 12.1 Å². The van der Waals surface area contributed by atoms with Crippen molar-refractivity contribution >= 4 is 10.8 Å². The van der Waals surface area contributed by atoms with Crippen LogP contribution in [0.25, 0.3) is 10.8 Å². The molecule has 0 aromatic heterocycles. The van der Waals surface area contributed by atoms with Gasteiger partial charge >= 0.3 is 0 Å². The molecule has 0 spiro atoms. The summed E-state index contributed by atoms with van der Waals surface area (Å²) in [6, 6.07) is 15.0. The molecule has 2 aromatic carbocycles. The van der Waals surface area contributed by atoms with Gasteiger partial charge in [0.15, 0.2) is 0 Å². The van der Waals surface area contributed by atoms with Gasteiger partial charge in [-0.3, -0.25) is 0 Å². The molecule has 0 heterocycles. The first-order chi connectivity index (χ1) is 9.12. The predicted octanol–water partition coefficient (Wildman–Crippen LogP) is 3.13. The first-order valence-electron chi connectivity index (χ1n) is 6.95. The summed E-state index contributed by atoms with van der Waals surface area (Å²) in [5.74, 6) is 0. The van der Waals surface area contributed by atoms with E-state index in [1.165, 1.54) is 16.3 Å². The first-order valence-corrected chi connectivity index (χ1v) is 6.95. The lowest BCUT2D eigenvalue weighted by Gasteiger charge is -2.25. The molecule has 0 aliphatic carbocycles. The van der Waals surface area contributed by atoms with Gasteiger partial charge in [0.2, 0.25) is 0 Å². The van der Waals surface area contributed by atoms with Crippen LogP contribution in [0.3, 0.4) is 0 Å². The zero-order valence-electron chi connectivity index (χ0n) is 11.8. The molecule has 0 saturated heterocycles. The lowest BCUT2D eigenvalue weighted by atomic mass is 9.99. The molecule has 2 aromatic rings. The van der Waals surface area contributed by atoms with E-state index in [1.807, 2.05) is 0 Å². The Balaban J connectivity index is 2.02. The minimum atomic E-state index is -0.000661. The molecule has 0 bridgehead atoms. The van der Waals surface area contributed by atoms with Gasteiger partial charge < -0.3 is 10.4 Å². The zero-order valence-corrected chi connectivity index (χ0v) is 11.8. The normalized spacial score (nSPS) is 11.9. The molecule has 2 N–H and O–H groups in total. The monoisotopic (exact) mass is 257 g/mol. The number of hydrogen-bond donors (Lipinski definition) is 2. The van der Waals surface area contributed by atoms with Gasteiger partial charge in [-0.1, -0.05) is 42.5 Å². The van der Waals surface area contributed by atoms with E-state index < -0.39 is 0 Å². The van der Waals surface area contributed by atoms with Crippen LogP contribution in [0.4, 0.5) is 0 Å². The Hall–Kier alpha value is -1.38. The van der Waals surface area contributed by atoms with E-state index in [9.17, 15) is 0 Å². The van der Waals surface area contributed by atoms with Crippen molar-refractivity contribution in [2.75, 3.05) is 13.2 Å². The lowest BCUT2D eigenvalue weighted by molar-refractivity contribution is 0.231. The van der Waals surface area contributed by atoms with E-state index in [0.29, 0.717) is 0 Å². The zero-order chi connectivity index (χ0) is 13.7. The molecule has 0 amide bonds. The summed E-state index contributed by atoms with van der Waals surface area (Å²) in [4.78, 5) is 0. The molecule has 2 heteroatoms. The molecule has 0 aliphatic heterocycles. The highest BCUT2D eigenvalue weighted by atomic mass is 16.3. The Morgan fingerprint density at radius 2 is 1.79 bits per heavy atom. The van der Waals surface area contributed by atoms with Crippen molar-refractivity contribution < 1.29 is 5.11 Å². The largest absolute Gasteiger partial charge is 0.396 e. The summed E-state index contributed by atoms with van der Waals surface area (Å²) in [5.41, 5.74) is 1.38. The van der Waals surface area contributed by atoms with Crippen LogP contribution in [-0.2, 0) is 6.42 Å². The van der Waals surface area contributed by atoms with Crippen LogP contribution >= 0.6 is 0 Å². The van der Waals surface area contributed by atoms with E-state index in [1.54, 1.807) is 0 Å². The molecule has 19 heavy (non-hydrogen) atoms. The fraction of sp³-hybridized carbons (Fsp3) is 0.412. The van der Waals surface area contributed by atoms with E-state index >= 15 is 0 Å². The molecule has 2 nitrogen and oxygen atoms in total. The van der Waals surface area contributed by atoms with Crippen molar-refractivity contribution in [3.8, 4) is 0 Å². The third kappa shape index (κ3) is 3.79. The second-order valence-corrected chi connectivity index (χ2v) is 5.67. The molecule has 0 aliphatic rings. The Kier molecular flexibility index (Phi) is 4.56. The topological polar surface area (TPSA) is 32.3 Å². The average molecular weight is 257 g/mol. The molecule has 102 valence electrons. The average Bonchev–Trinajstić information content (AvgIpc) is 2.39. The minimum Gasteiger partial charge on any atom is -0.396 e. The molecular formula is C17H23NO. The number of fused-ring (bicyclic) bond motifs is 1. The van der Waals surface area contributed by atoms with Crippen molar-refractivity contribution in [1.82, 2.24) is 5.32 Å². The van der Waals surface area contributed by atoms with Crippen LogP contribution in [-0.4, -0.2) is 23.8 Å². The summed E-state index contributed by atoms with van der Waals surface area (Å²) < 4.78 is 0. The smallest absolute Gasteiger partial charge is 0.0448 e. The Morgan fingerprint density at radius 1 is 1.05 bits per heavy atom. The molecule has 0 radical (unpaired) electrons.